The molecular weight excluding hydrogens is 807 g/mol. The number of fused-ring (bicyclic) bond motifs is 4. The zero-order chi connectivity index (χ0) is 44.7. The molecule has 1 unspecified atom stereocenters. The first-order chi connectivity index (χ1) is 33.1. The van der Waals surface area contributed by atoms with E-state index in [0.717, 1.165) is 22.6 Å². The Hall–Kier alpha value is -8.52. The van der Waals surface area contributed by atoms with Gasteiger partial charge in [0.1, 0.15) is 0 Å². The number of anilines is 3. The van der Waals surface area contributed by atoms with Crippen LogP contribution in [0.25, 0.3) is 77.5 Å². The summed E-state index contributed by atoms with van der Waals surface area (Å²) >= 11 is 0. The van der Waals surface area contributed by atoms with Crippen molar-refractivity contribution in [1.82, 2.24) is 0 Å². The predicted octanol–water partition coefficient (Wildman–Crippen LogP) is 18.0. The fourth-order valence-corrected chi connectivity index (χ4v) is 10.6. The van der Waals surface area contributed by atoms with E-state index in [1.807, 2.05) is 0 Å². The van der Waals surface area contributed by atoms with Gasteiger partial charge in [0.05, 0.1) is 5.69 Å². The molecule has 12 rings (SSSR count). The van der Waals surface area contributed by atoms with Crippen molar-refractivity contribution in [2.45, 2.75) is 12.3 Å². The Kier molecular flexibility index (Phi) is 10.0. The fraction of sp³-hybridized carbons (Fsp3) is 0.0303. The third-order valence-electron chi connectivity index (χ3n) is 14.0. The van der Waals surface area contributed by atoms with Crippen LogP contribution in [0, 0.1) is 0 Å². The quantitative estimate of drug-likeness (QED) is 0.140. The molecule has 0 amide bonds. The van der Waals surface area contributed by atoms with E-state index in [1.165, 1.54) is 88.7 Å². The molecule has 1 atom stereocenters. The second kappa shape index (κ2) is 16.8. The van der Waals surface area contributed by atoms with E-state index in [-0.39, 0.29) is 5.41 Å². The van der Waals surface area contributed by atoms with Crippen LogP contribution < -0.4 is 4.90 Å². The minimum absolute atomic E-state index is 0.342. The molecule has 0 fully saturated rings. The van der Waals surface area contributed by atoms with Gasteiger partial charge >= 0.3 is 0 Å². The van der Waals surface area contributed by atoms with E-state index in [0.29, 0.717) is 0 Å². The first kappa shape index (κ1) is 40.0. The molecule has 1 aliphatic carbocycles. The molecule has 67 heavy (non-hydrogen) atoms. The highest BCUT2D eigenvalue weighted by Gasteiger charge is 2.41. The molecule has 0 aliphatic heterocycles. The van der Waals surface area contributed by atoms with Crippen LogP contribution in [0.1, 0.15) is 23.6 Å². The average molecular weight is 854 g/mol. The Morgan fingerprint density at radius 2 is 0.731 bits per heavy atom. The Labute approximate surface area is 393 Å². The molecule has 0 saturated heterocycles. The molecule has 1 nitrogen and oxygen atoms in total. The monoisotopic (exact) mass is 853 g/mol. The van der Waals surface area contributed by atoms with Crippen molar-refractivity contribution >= 4 is 27.8 Å². The third-order valence-corrected chi connectivity index (χ3v) is 14.0. The Balaban J connectivity index is 1.00. The first-order valence-electron chi connectivity index (χ1n) is 23.2. The summed E-state index contributed by atoms with van der Waals surface area (Å²) in [5.74, 6) is 0. The number of hydrogen-bond donors (Lipinski definition) is 0. The van der Waals surface area contributed by atoms with Crippen LogP contribution >= 0.6 is 0 Å². The summed E-state index contributed by atoms with van der Waals surface area (Å²) in [6.07, 6.45) is 0. The van der Waals surface area contributed by atoms with Crippen molar-refractivity contribution in [1.29, 1.82) is 0 Å². The maximum atomic E-state index is 2.47. The topological polar surface area (TPSA) is 3.24 Å². The fourth-order valence-electron chi connectivity index (χ4n) is 10.6. The number of nitrogens with zero attached hydrogens (tertiary/aromatic N) is 1. The van der Waals surface area contributed by atoms with Crippen molar-refractivity contribution in [2.24, 2.45) is 0 Å². The molecule has 0 spiro atoms. The number of hydrogen-bond acceptors (Lipinski definition) is 1. The number of rotatable bonds is 9. The van der Waals surface area contributed by atoms with Gasteiger partial charge in [0, 0.05) is 22.4 Å². The van der Waals surface area contributed by atoms with Crippen LogP contribution in [0.5, 0.6) is 0 Å². The second-order valence-electron chi connectivity index (χ2n) is 17.8. The average Bonchev–Trinajstić information content (AvgIpc) is 3.67. The van der Waals surface area contributed by atoms with Gasteiger partial charge in [-0.15, -0.1) is 0 Å². The molecule has 0 bridgehead atoms. The summed E-state index contributed by atoms with van der Waals surface area (Å²) in [6, 6.07) is 97.8. The molecule has 0 aromatic heterocycles. The smallest absolute Gasteiger partial charge is 0.0540 e. The standard InChI is InChI=1S/C66H47N/c1-66(53-22-6-3-7-23-53)63-30-16-14-28-60(63)61-43-42-55(45-64(61)66)67(54-40-38-48(39-41-54)47-32-34-49(35-33-47)52-37-36-46-18-8-9-21-51(46)44-52)65-31-17-15-29-62(65)59-27-13-12-26-58(59)57-25-11-10-24-56(57)50-19-4-2-5-20-50/h2-45H,1H3. The van der Waals surface area contributed by atoms with E-state index in [1.54, 1.807) is 0 Å². The first-order valence-corrected chi connectivity index (χ1v) is 23.2. The molecule has 1 heteroatoms. The van der Waals surface area contributed by atoms with Crippen LogP contribution in [-0.2, 0) is 5.41 Å². The van der Waals surface area contributed by atoms with Crippen molar-refractivity contribution in [3.8, 4) is 66.8 Å². The van der Waals surface area contributed by atoms with Gasteiger partial charge in [-0.2, -0.15) is 0 Å². The Morgan fingerprint density at radius 3 is 1.43 bits per heavy atom. The Bertz CT molecular complexity index is 3570. The summed E-state index contributed by atoms with van der Waals surface area (Å²) in [5.41, 5.74) is 21.4. The molecule has 0 N–H and O–H groups in total. The van der Waals surface area contributed by atoms with Crippen LogP contribution in [0.4, 0.5) is 17.1 Å². The van der Waals surface area contributed by atoms with Crippen molar-refractivity contribution in [2.75, 3.05) is 4.90 Å². The molecule has 0 heterocycles. The predicted molar refractivity (Wildman–Crippen MR) is 283 cm³/mol. The summed E-state index contributed by atoms with van der Waals surface area (Å²) in [7, 11) is 0. The molecule has 11 aromatic carbocycles. The molecule has 316 valence electrons. The highest BCUT2D eigenvalue weighted by atomic mass is 15.1. The van der Waals surface area contributed by atoms with Gasteiger partial charge in [0.2, 0.25) is 0 Å². The summed E-state index contributed by atoms with van der Waals surface area (Å²) in [4.78, 5) is 2.47. The normalized spacial score (nSPS) is 13.8. The minimum atomic E-state index is -0.342. The highest BCUT2D eigenvalue weighted by molar-refractivity contribution is 5.98. The number of para-hydroxylation sites is 1. The van der Waals surface area contributed by atoms with Gasteiger partial charge in [-0.3, -0.25) is 0 Å². The summed E-state index contributed by atoms with van der Waals surface area (Å²) in [6.45, 7) is 2.40. The van der Waals surface area contributed by atoms with Crippen molar-refractivity contribution in [3.63, 3.8) is 0 Å². The van der Waals surface area contributed by atoms with Gasteiger partial charge in [0.15, 0.2) is 0 Å². The largest absolute Gasteiger partial charge is 0.310 e. The van der Waals surface area contributed by atoms with Gasteiger partial charge < -0.3 is 4.90 Å². The maximum Gasteiger partial charge on any atom is 0.0540 e. The SMILES string of the molecule is CC1(c2ccccc2)c2ccccc2-c2ccc(N(c3ccc(-c4ccc(-c5ccc6ccccc6c5)cc4)cc3)c3ccccc3-c3ccccc3-c3ccccc3-c3ccccc3)cc21. The van der Waals surface area contributed by atoms with Crippen LogP contribution in [0.3, 0.4) is 0 Å². The molecule has 11 aromatic rings. The second-order valence-corrected chi connectivity index (χ2v) is 17.8. The lowest BCUT2D eigenvalue weighted by Crippen LogP contribution is -2.22. The molecule has 0 saturated carbocycles. The van der Waals surface area contributed by atoms with Crippen molar-refractivity contribution < 1.29 is 0 Å². The van der Waals surface area contributed by atoms with Crippen molar-refractivity contribution in [3.05, 3.63) is 284 Å². The van der Waals surface area contributed by atoms with E-state index >= 15 is 0 Å². The molecule has 0 radical (unpaired) electrons. The zero-order valence-corrected chi connectivity index (χ0v) is 37.4. The molecule has 1 aliphatic rings. The zero-order valence-electron chi connectivity index (χ0n) is 37.4. The number of benzene rings is 11. The van der Waals surface area contributed by atoms with E-state index < -0.39 is 0 Å². The highest BCUT2D eigenvalue weighted by Crippen LogP contribution is 2.54. The van der Waals surface area contributed by atoms with E-state index in [9.17, 15) is 0 Å². The summed E-state index contributed by atoms with van der Waals surface area (Å²) < 4.78 is 0. The van der Waals surface area contributed by atoms with Crippen LogP contribution in [0.15, 0.2) is 267 Å². The lowest BCUT2D eigenvalue weighted by atomic mass is 9.74. The van der Waals surface area contributed by atoms with Gasteiger partial charge in [-0.1, -0.05) is 231 Å². The van der Waals surface area contributed by atoms with E-state index in [4.69, 9.17) is 0 Å². The summed E-state index contributed by atoms with van der Waals surface area (Å²) in [5, 5.41) is 2.51. The van der Waals surface area contributed by atoms with Gasteiger partial charge in [-0.25, -0.2) is 0 Å². The lowest BCUT2D eigenvalue weighted by Gasteiger charge is -2.32. The van der Waals surface area contributed by atoms with E-state index in [2.05, 4.69) is 279 Å². The third kappa shape index (κ3) is 7.04. The van der Waals surface area contributed by atoms with Crippen LogP contribution in [0.2, 0.25) is 0 Å². The molecular formula is C66H47N. The van der Waals surface area contributed by atoms with Gasteiger partial charge in [0.25, 0.3) is 0 Å². The minimum Gasteiger partial charge on any atom is -0.310 e. The lowest BCUT2D eigenvalue weighted by molar-refractivity contribution is 0.714. The Morgan fingerprint density at radius 1 is 0.269 bits per heavy atom. The van der Waals surface area contributed by atoms with Crippen LogP contribution in [-0.4, -0.2) is 0 Å². The maximum absolute atomic E-state index is 2.47. The van der Waals surface area contributed by atoms with Gasteiger partial charge in [-0.05, 0) is 132 Å².